The van der Waals surface area contributed by atoms with E-state index in [0.717, 1.165) is 15.3 Å². The fraction of sp³-hybridized carbons (Fsp3) is 0.360. The molecule has 1 aromatic heterocycles. The predicted molar refractivity (Wildman–Crippen MR) is 147 cm³/mol. The van der Waals surface area contributed by atoms with Crippen LogP contribution in [-0.2, 0) is 23.1 Å². The summed E-state index contributed by atoms with van der Waals surface area (Å²) in [5, 5.41) is 15.2. The van der Waals surface area contributed by atoms with Gasteiger partial charge in [-0.1, -0.05) is 41.9 Å². The first-order valence-corrected chi connectivity index (χ1v) is 14.3. The Morgan fingerprint density at radius 3 is 2.42 bits per heavy atom. The highest BCUT2D eigenvalue weighted by Crippen LogP contribution is 2.27. The van der Waals surface area contributed by atoms with E-state index in [0.29, 0.717) is 42.3 Å². The van der Waals surface area contributed by atoms with E-state index in [-0.39, 0.29) is 32.0 Å². The lowest BCUT2D eigenvalue weighted by molar-refractivity contribution is 0.311. The van der Waals surface area contributed by atoms with Crippen LogP contribution >= 0.6 is 11.6 Å². The van der Waals surface area contributed by atoms with Crippen molar-refractivity contribution in [2.24, 2.45) is 0 Å². The van der Waals surface area contributed by atoms with Gasteiger partial charge in [0.05, 0.1) is 18.5 Å². The van der Waals surface area contributed by atoms with E-state index >= 15 is 0 Å². The number of benzene rings is 2. The summed E-state index contributed by atoms with van der Waals surface area (Å²) in [5.74, 6) is 0.158. The summed E-state index contributed by atoms with van der Waals surface area (Å²) in [7, 11) is -5.06. The quantitative estimate of drug-likeness (QED) is 0.479. The van der Waals surface area contributed by atoms with Crippen molar-refractivity contribution >= 4 is 34.5 Å². The number of nitrogens with zero attached hydrogens (tertiary/aromatic N) is 5. The smallest absolute Gasteiger partial charge is 0.391 e. The van der Waals surface area contributed by atoms with Gasteiger partial charge in [0.1, 0.15) is 5.69 Å². The molecule has 0 aliphatic carbocycles. The molecule has 6 rings (SSSR count). The number of rotatable bonds is 2. The number of hydrogen-bond donors (Lipinski definition) is 1. The molecule has 3 aliphatic rings. The Labute approximate surface area is 227 Å². The molecule has 0 saturated carbocycles. The maximum Gasteiger partial charge on any atom is 0.391 e. The molecule has 4 bridgehead atoms. The molecule has 1 saturated heterocycles. The fourth-order valence-corrected chi connectivity index (χ4v) is 6.65. The van der Waals surface area contributed by atoms with Crippen LogP contribution in [0.1, 0.15) is 11.1 Å². The predicted octanol–water partition coefficient (Wildman–Crippen LogP) is 1.84. The molecule has 3 aliphatic heterocycles. The molecule has 0 radical (unpaired) electrons. The minimum atomic E-state index is -3.90. The van der Waals surface area contributed by atoms with E-state index < -0.39 is 22.8 Å². The highest BCUT2D eigenvalue weighted by atomic mass is 35.5. The van der Waals surface area contributed by atoms with Crippen molar-refractivity contribution < 1.29 is 18.2 Å². The lowest BCUT2D eigenvalue weighted by Crippen LogP contribution is -2.56. The van der Waals surface area contributed by atoms with E-state index in [1.807, 2.05) is 29.2 Å². The molecule has 1 fully saturated rings. The Kier molecular flexibility index (Phi) is 7.78. The van der Waals surface area contributed by atoms with Crippen LogP contribution in [0, 0.1) is 0 Å². The Morgan fingerprint density at radius 2 is 1.71 bits per heavy atom. The van der Waals surface area contributed by atoms with Gasteiger partial charge in [-0.15, -0.1) is 0 Å². The minimum absolute atomic E-state index is 0.158. The molecule has 0 amide bonds. The Morgan fingerprint density at radius 1 is 1.00 bits per heavy atom. The summed E-state index contributed by atoms with van der Waals surface area (Å²) in [4.78, 5) is 15.5. The van der Waals surface area contributed by atoms with Crippen molar-refractivity contribution in [3.05, 3.63) is 81.2 Å². The first-order chi connectivity index (χ1) is 18.2. The maximum absolute atomic E-state index is 13.6. The van der Waals surface area contributed by atoms with Gasteiger partial charge in [0.25, 0.3) is 10.2 Å². The van der Waals surface area contributed by atoms with Gasteiger partial charge in [-0.2, -0.15) is 26.7 Å². The number of piperazine rings is 1. The number of halogens is 1. The van der Waals surface area contributed by atoms with Crippen LogP contribution in [0.5, 0.6) is 5.75 Å². The maximum atomic E-state index is 13.6. The summed E-state index contributed by atoms with van der Waals surface area (Å²) in [6.45, 7) is 2.97. The van der Waals surface area contributed by atoms with E-state index in [9.17, 15) is 18.2 Å². The monoisotopic (exact) mass is 557 g/mol. The second kappa shape index (κ2) is 11.1. The second-order valence-electron chi connectivity index (χ2n) is 9.36. The zero-order valence-corrected chi connectivity index (χ0v) is 22.6. The molecule has 13 heteroatoms. The Bertz CT molecular complexity index is 1480. The number of hydrogen-bond acceptors (Lipinski definition) is 7. The average molecular weight is 558 g/mol. The average Bonchev–Trinajstić information content (AvgIpc) is 2.89. The van der Waals surface area contributed by atoms with Gasteiger partial charge in [0.2, 0.25) is 5.75 Å². The first kappa shape index (κ1) is 26.7. The summed E-state index contributed by atoms with van der Waals surface area (Å²) < 4.78 is 36.8. The van der Waals surface area contributed by atoms with Crippen molar-refractivity contribution in [3.8, 4) is 11.4 Å². The molecule has 4 heterocycles. The van der Waals surface area contributed by atoms with E-state index in [2.05, 4.69) is 5.10 Å². The number of aromatic nitrogens is 2. The fourth-order valence-electron chi connectivity index (χ4n) is 4.84. The van der Waals surface area contributed by atoms with Crippen LogP contribution in [0.2, 0.25) is 11.8 Å². The van der Waals surface area contributed by atoms with Gasteiger partial charge in [0, 0.05) is 44.2 Å². The molecule has 38 heavy (non-hydrogen) atoms. The number of ether oxygens (including phenoxy) is 1. The van der Waals surface area contributed by atoms with Crippen molar-refractivity contribution in [1.29, 1.82) is 0 Å². The topological polar surface area (TPSA) is 108 Å². The largest absolute Gasteiger partial charge is 0.486 e. The van der Waals surface area contributed by atoms with Crippen molar-refractivity contribution in [2.75, 3.05) is 44.2 Å². The molecule has 2 aromatic carbocycles. The van der Waals surface area contributed by atoms with Gasteiger partial charge in [-0.3, -0.25) is 4.79 Å². The Hall–Kier alpha value is -2.90. The standard InChI is InChI=1S/C25H29BClN5O5S/c1-26(34)31-10-8-19-4-2-5-20(16-19)9-15-37-24-23(29-11-13-30(14-12-29)38(31,35)36)18-28-32(25(24)33)22-7-3-6-21(27)17-22/h2-7,16-18,34H,8-15H2,1H3. The van der Waals surface area contributed by atoms with Crippen LogP contribution in [0.25, 0.3) is 5.69 Å². The minimum Gasteiger partial charge on any atom is -0.486 e. The first-order valence-electron chi connectivity index (χ1n) is 12.5. The van der Waals surface area contributed by atoms with Crippen molar-refractivity contribution in [1.82, 2.24) is 18.3 Å². The molecule has 200 valence electrons. The molecule has 1 N–H and O–H groups in total. The number of fused-ring (bicyclic) bond motifs is 7. The second-order valence-corrected chi connectivity index (χ2v) is 11.7. The van der Waals surface area contributed by atoms with Crippen LogP contribution in [0.15, 0.2) is 59.5 Å². The molecule has 0 spiro atoms. The third-order valence-corrected chi connectivity index (χ3v) is 9.17. The molecular formula is C25H29BClN5O5S. The lowest BCUT2D eigenvalue weighted by Gasteiger charge is -2.38. The van der Waals surface area contributed by atoms with Crippen LogP contribution < -0.4 is 15.2 Å². The molecule has 10 nitrogen and oxygen atoms in total. The summed E-state index contributed by atoms with van der Waals surface area (Å²) in [5.41, 5.74) is 2.56. The molecular weight excluding hydrogens is 529 g/mol. The van der Waals surface area contributed by atoms with Crippen molar-refractivity contribution in [2.45, 2.75) is 19.7 Å². The summed E-state index contributed by atoms with van der Waals surface area (Å²) in [6.07, 6.45) is 2.59. The summed E-state index contributed by atoms with van der Waals surface area (Å²) >= 11 is 6.15. The highest BCUT2D eigenvalue weighted by Gasteiger charge is 2.37. The van der Waals surface area contributed by atoms with Crippen LogP contribution in [-0.4, -0.2) is 78.1 Å². The normalized spacial score (nSPS) is 18.6. The third kappa shape index (κ3) is 5.45. The van der Waals surface area contributed by atoms with E-state index in [1.165, 1.54) is 15.8 Å². The zero-order chi connectivity index (χ0) is 26.9. The van der Waals surface area contributed by atoms with Crippen molar-refractivity contribution in [3.63, 3.8) is 0 Å². The van der Waals surface area contributed by atoms with Crippen LogP contribution in [0.4, 0.5) is 5.69 Å². The SMILES string of the molecule is CB(O)N1CCc2cccc(c2)CCOc2c(cnn(-c3cccc(Cl)c3)c2=O)N2CCN(CC2)S1(=O)=O. The molecule has 0 atom stereocenters. The third-order valence-electron chi connectivity index (χ3n) is 6.84. The van der Waals surface area contributed by atoms with E-state index in [4.69, 9.17) is 16.3 Å². The number of anilines is 1. The molecule has 3 aromatic rings. The van der Waals surface area contributed by atoms with E-state index in [1.54, 1.807) is 30.5 Å². The lowest BCUT2D eigenvalue weighted by atomic mass is 9.88. The highest BCUT2D eigenvalue weighted by molar-refractivity contribution is 7.87. The van der Waals surface area contributed by atoms with Gasteiger partial charge >= 0.3 is 12.6 Å². The zero-order valence-electron chi connectivity index (χ0n) is 21.0. The van der Waals surface area contributed by atoms with Gasteiger partial charge in [-0.05, 0) is 42.6 Å². The Balaban J connectivity index is 1.55. The van der Waals surface area contributed by atoms with Gasteiger partial charge in [0.15, 0.2) is 0 Å². The van der Waals surface area contributed by atoms with Gasteiger partial charge in [-0.25, -0.2) is 0 Å². The van der Waals surface area contributed by atoms with Crippen LogP contribution in [0.3, 0.4) is 0 Å². The summed E-state index contributed by atoms with van der Waals surface area (Å²) in [6, 6.07) is 14.7. The van der Waals surface area contributed by atoms with Gasteiger partial charge < -0.3 is 14.7 Å². The molecule has 0 unspecified atom stereocenters.